The molecule has 0 amide bonds. The molecule has 0 N–H and O–H groups in total. The molecule has 0 aromatic heterocycles. The standard InChI is InChI=1S/C19H22O5/c1-4-8-15(18-16(13-20)23-19(2,3)24-18)22-17(21)12-11-14-9-6-5-7-10-14/h4-7,9-13,15-16,18H,1,8H2,2-3H3/b12-11+/t15-,16-,18-/m1/s1. The monoisotopic (exact) mass is 330 g/mol. The Morgan fingerprint density at radius 3 is 2.67 bits per heavy atom. The summed E-state index contributed by atoms with van der Waals surface area (Å²) in [4.78, 5) is 23.3. The third-order valence-electron chi connectivity index (χ3n) is 3.54. The lowest BCUT2D eigenvalue weighted by Gasteiger charge is -2.23. The zero-order valence-electron chi connectivity index (χ0n) is 13.9. The fourth-order valence-electron chi connectivity index (χ4n) is 2.54. The maximum Gasteiger partial charge on any atom is 0.331 e. The van der Waals surface area contributed by atoms with Crippen molar-refractivity contribution >= 4 is 18.3 Å². The molecule has 24 heavy (non-hydrogen) atoms. The quantitative estimate of drug-likeness (QED) is 0.333. The van der Waals surface area contributed by atoms with Crippen LogP contribution in [0.1, 0.15) is 25.8 Å². The van der Waals surface area contributed by atoms with Crippen molar-refractivity contribution in [3.05, 3.63) is 54.6 Å². The van der Waals surface area contributed by atoms with E-state index in [1.807, 2.05) is 30.3 Å². The highest BCUT2D eigenvalue weighted by atomic mass is 16.8. The van der Waals surface area contributed by atoms with Gasteiger partial charge in [0.05, 0.1) is 0 Å². The summed E-state index contributed by atoms with van der Waals surface area (Å²) in [5.41, 5.74) is 0.891. The number of rotatable bonds is 7. The highest BCUT2D eigenvalue weighted by Gasteiger charge is 2.46. The molecule has 1 aliphatic rings. The fourth-order valence-corrected chi connectivity index (χ4v) is 2.54. The lowest BCUT2D eigenvalue weighted by Crippen LogP contribution is -2.39. The summed E-state index contributed by atoms with van der Waals surface area (Å²) >= 11 is 0. The number of aldehydes is 1. The van der Waals surface area contributed by atoms with Crippen molar-refractivity contribution in [2.75, 3.05) is 0 Å². The van der Waals surface area contributed by atoms with Crippen LogP contribution in [0.2, 0.25) is 0 Å². The van der Waals surface area contributed by atoms with Gasteiger partial charge in [-0.2, -0.15) is 0 Å². The van der Waals surface area contributed by atoms with Gasteiger partial charge in [-0.15, -0.1) is 6.58 Å². The van der Waals surface area contributed by atoms with E-state index < -0.39 is 30.1 Å². The average Bonchev–Trinajstić information content (AvgIpc) is 2.88. The van der Waals surface area contributed by atoms with Crippen LogP contribution in [-0.2, 0) is 23.8 Å². The van der Waals surface area contributed by atoms with Crippen molar-refractivity contribution in [1.82, 2.24) is 0 Å². The second kappa shape index (κ2) is 8.04. The highest BCUT2D eigenvalue weighted by molar-refractivity contribution is 5.87. The lowest BCUT2D eigenvalue weighted by molar-refractivity contribution is -0.167. The van der Waals surface area contributed by atoms with E-state index >= 15 is 0 Å². The van der Waals surface area contributed by atoms with Crippen LogP contribution in [-0.4, -0.2) is 36.4 Å². The predicted octanol–water partition coefficient (Wildman–Crippen LogP) is 2.91. The Balaban J connectivity index is 2.05. The first kappa shape index (κ1) is 18.1. The zero-order valence-corrected chi connectivity index (χ0v) is 13.9. The van der Waals surface area contributed by atoms with Gasteiger partial charge >= 0.3 is 5.97 Å². The van der Waals surface area contributed by atoms with E-state index in [-0.39, 0.29) is 0 Å². The molecule has 0 unspecified atom stereocenters. The smallest absolute Gasteiger partial charge is 0.331 e. The number of hydrogen-bond acceptors (Lipinski definition) is 5. The molecule has 0 spiro atoms. The molecule has 0 bridgehead atoms. The van der Waals surface area contributed by atoms with Gasteiger partial charge in [0.15, 0.2) is 12.1 Å². The molecule has 2 rings (SSSR count). The average molecular weight is 330 g/mol. The number of carbonyl (C=O) groups excluding carboxylic acids is 2. The molecule has 1 fully saturated rings. The number of carbonyl (C=O) groups is 2. The molecule has 0 saturated carbocycles. The second-order valence-corrected chi connectivity index (χ2v) is 5.94. The van der Waals surface area contributed by atoms with Crippen LogP contribution in [0.4, 0.5) is 0 Å². The fraction of sp³-hybridized carbons (Fsp3) is 0.368. The minimum Gasteiger partial charge on any atom is -0.456 e. The van der Waals surface area contributed by atoms with Crippen LogP contribution < -0.4 is 0 Å². The van der Waals surface area contributed by atoms with Gasteiger partial charge in [-0.3, -0.25) is 0 Å². The summed E-state index contributed by atoms with van der Waals surface area (Å²) in [6.07, 6.45) is 3.58. The van der Waals surface area contributed by atoms with Crippen molar-refractivity contribution in [3.63, 3.8) is 0 Å². The van der Waals surface area contributed by atoms with Crippen LogP contribution in [0.15, 0.2) is 49.1 Å². The van der Waals surface area contributed by atoms with E-state index in [1.54, 1.807) is 26.0 Å². The SMILES string of the molecule is C=CC[C@@H](OC(=O)/C=C/c1ccccc1)[C@H]1OC(C)(C)O[C@@H]1C=O. The van der Waals surface area contributed by atoms with E-state index in [4.69, 9.17) is 14.2 Å². The molecule has 128 valence electrons. The Labute approximate surface area is 141 Å². The molecular formula is C19H22O5. The van der Waals surface area contributed by atoms with Gasteiger partial charge in [-0.05, 0) is 25.5 Å². The van der Waals surface area contributed by atoms with Crippen LogP contribution in [0.3, 0.4) is 0 Å². The zero-order chi connectivity index (χ0) is 17.6. The van der Waals surface area contributed by atoms with Gasteiger partial charge in [-0.1, -0.05) is 36.4 Å². The second-order valence-electron chi connectivity index (χ2n) is 5.94. The minimum absolute atomic E-state index is 0.360. The predicted molar refractivity (Wildman–Crippen MR) is 90.1 cm³/mol. The van der Waals surface area contributed by atoms with E-state index in [1.165, 1.54) is 6.08 Å². The lowest BCUT2D eigenvalue weighted by atomic mass is 10.1. The van der Waals surface area contributed by atoms with E-state index in [0.29, 0.717) is 12.7 Å². The third kappa shape index (κ3) is 4.88. The number of esters is 1. The van der Waals surface area contributed by atoms with E-state index in [2.05, 4.69) is 6.58 Å². The largest absolute Gasteiger partial charge is 0.456 e. The first-order valence-corrected chi connectivity index (χ1v) is 7.81. The molecule has 1 heterocycles. The highest BCUT2D eigenvalue weighted by Crippen LogP contribution is 2.31. The van der Waals surface area contributed by atoms with Crippen molar-refractivity contribution in [3.8, 4) is 0 Å². The third-order valence-corrected chi connectivity index (χ3v) is 3.54. The Morgan fingerprint density at radius 1 is 1.33 bits per heavy atom. The summed E-state index contributed by atoms with van der Waals surface area (Å²) in [6.45, 7) is 7.09. The molecule has 3 atom stereocenters. The summed E-state index contributed by atoms with van der Waals surface area (Å²) in [5, 5.41) is 0. The van der Waals surface area contributed by atoms with Gasteiger partial charge in [-0.25, -0.2) is 4.79 Å². The molecule has 1 aliphatic heterocycles. The van der Waals surface area contributed by atoms with Crippen molar-refractivity contribution in [2.24, 2.45) is 0 Å². The molecular weight excluding hydrogens is 308 g/mol. The van der Waals surface area contributed by atoms with Crippen LogP contribution in [0.25, 0.3) is 6.08 Å². The minimum atomic E-state index is -0.901. The Bertz CT molecular complexity index is 605. The Morgan fingerprint density at radius 2 is 2.04 bits per heavy atom. The number of ether oxygens (including phenoxy) is 3. The van der Waals surface area contributed by atoms with E-state index in [9.17, 15) is 9.59 Å². The summed E-state index contributed by atoms with van der Waals surface area (Å²) in [6, 6.07) is 9.42. The number of benzene rings is 1. The van der Waals surface area contributed by atoms with Gasteiger partial charge < -0.3 is 19.0 Å². The summed E-state index contributed by atoms with van der Waals surface area (Å²) in [7, 11) is 0. The Hall–Kier alpha value is -2.24. The van der Waals surface area contributed by atoms with Gasteiger partial charge in [0.25, 0.3) is 0 Å². The van der Waals surface area contributed by atoms with Crippen LogP contribution in [0, 0.1) is 0 Å². The maximum atomic E-state index is 12.1. The number of hydrogen-bond donors (Lipinski definition) is 0. The van der Waals surface area contributed by atoms with Gasteiger partial charge in [0.2, 0.25) is 0 Å². The molecule has 1 aromatic rings. The van der Waals surface area contributed by atoms with Gasteiger partial charge in [0.1, 0.15) is 18.3 Å². The summed E-state index contributed by atoms with van der Waals surface area (Å²) in [5.74, 6) is -1.41. The molecule has 1 aromatic carbocycles. The first-order chi connectivity index (χ1) is 11.4. The van der Waals surface area contributed by atoms with Crippen molar-refractivity contribution < 1.29 is 23.8 Å². The molecule has 1 saturated heterocycles. The van der Waals surface area contributed by atoms with Crippen molar-refractivity contribution in [2.45, 2.75) is 44.4 Å². The molecule has 5 heteroatoms. The topological polar surface area (TPSA) is 61.8 Å². The van der Waals surface area contributed by atoms with Crippen LogP contribution >= 0.6 is 0 Å². The molecule has 0 radical (unpaired) electrons. The summed E-state index contributed by atoms with van der Waals surface area (Å²) < 4.78 is 16.7. The maximum absolute atomic E-state index is 12.1. The van der Waals surface area contributed by atoms with Crippen molar-refractivity contribution in [1.29, 1.82) is 0 Å². The molecule has 5 nitrogen and oxygen atoms in total. The van der Waals surface area contributed by atoms with Gasteiger partial charge in [0, 0.05) is 12.5 Å². The van der Waals surface area contributed by atoms with E-state index in [0.717, 1.165) is 5.56 Å². The van der Waals surface area contributed by atoms with Crippen LogP contribution in [0.5, 0.6) is 0 Å². The molecule has 0 aliphatic carbocycles. The first-order valence-electron chi connectivity index (χ1n) is 7.81. The Kier molecular flexibility index (Phi) is 6.06. The normalized spacial score (nSPS) is 23.8.